The van der Waals surface area contributed by atoms with Crippen LogP contribution in [0.25, 0.3) is 0 Å². The molecule has 3 N–H and O–H groups in total. The maximum atomic E-state index is 14.4. The van der Waals surface area contributed by atoms with Gasteiger partial charge < -0.3 is 58.4 Å². The molecule has 0 amide bonds. The first-order valence-electron chi connectivity index (χ1n) is 28.7. The summed E-state index contributed by atoms with van der Waals surface area (Å²) in [7, 11) is 0. The Bertz CT molecular complexity index is 2400. The quantitative estimate of drug-likeness (QED) is 0.0626. The van der Waals surface area contributed by atoms with E-state index in [0.29, 0.717) is 79.7 Å². The molecule has 0 aromatic heterocycles. The fraction of sp³-hybridized carbons (Fsp3) is 0.710. The van der Waals surface area contributed by atoms with Gasteiger partial charge in [-0.1, -0.05) is 67.0 Å². The zero-order valence-corrected chi connectivity index (χ0v) is 52.4. The van der Waals surface area contributed by atoms with Gasteiger partial charge in [-0.3, -0.25) is 9.59 Å². The van der Waals surface area contributed by atoms with Gasteiger partial charge in [0.15, 0.2) is 17.2 Å². The summed E-state index contributed by atoms with van der Waals surface area (Å²) >= 11 is 5.84. The second kappa shape index (κ2) is 27.3. The van der Waals surface area contributed by atoms with E-state index < -0.39 is 94.5 Å². The fourth-order valence-electron chi connectivity index (χ4n) is 12.6. The second-order valence-corrected chi connectivity index (χ2v) is 24.8. The van der Waals surface area contributed by atoms with Gasteiger partial charge in [-0.05, 0) is 172 Å². The topological polar surface area (TPSA) is 217 Å². The maximum absolute atomic E-state index is 14.4. The number of carboxylic acid groups (broad SMARTS) is 1. The van der Waals surface area contributed by atoms with Gasteiger partial charge >= 0.3 is 35.5 Å². The first-order chi connectivity index (χ1) is 36.5. The summed E-state index contributed by atoms with van der Waals surface area (Å²) in [5.74, 6) is -6.30. The molecule has 2 aromatic carbocycles. The first kappa shape index (κ1) is 67.0. The minimum absolute atomic E-state index is 0. The number of hydrogen-bond acceptors (Lipinski definition) is 15. The van der Waals surface area contributed by atoms with Crippen molar-refractivity contribution in [3.8, 4) is 5.75 Å². The summed E-state index contributed by atoms with van der Waals surface area (Å²) in [4.78, 5) is 50.7. The molecule has 0 saturated carbocycles. The molecule has 79 heavy (non-hydrogen) atoms. The number of esters is 1. The molecule has 5 aliphatic rings. The van der Waals surface area contributed by atoms with Gasteiger partial charge in [0.2, 0.25) is 5.79 Å². The number of rotatable bonds is 18. The third-order valence-corrected chi connectivity index (χ3v) is 18.1. The van der Waals surface area contributed by atoms with Crippen molar-refractivity contribution in [2.45, 2.75) is 238 Å². The normalized spacial score (nSPS) is 34.5. The van der Waals surface area contributed by atoms with E-state index >= 15 is 0 Å². The van der Waals surface area contributed by atoms with Crippen LogP contribution in [0.15, 0.2) is 60.7 Å². The fourth-order valence-corrected chi connectivity index (χ4v) is 12.7. The van der Waals surface area contributed by atoms with Crippen LogP contribution in [-0.4, -0.2) is 116 Å². The van der Waals surface area contributed by atoms with Gasteiger partial charge in [0, 0.05) is 58.1 Å². The maximum Gasteiger partial charge on any atom is 1.00 e. The third-order valence-electron chi connectivity index (χ3n) is 17.9. The molecule has 5 heterocycles. The molecule has 5 aliphatic heterocycles. The monoisotopic (exact) mass is 1130 g/mol. The van der Waals surface area contributed by atoms with Gasteiger partial charge in [-0.25, -0.2) is 4.79 Å². The Morgan fingerprint density at radius 1 is 0.823 bits per heavy atom. The summed E-state index contributed by atoms with van der Waals surface area (Å²) in [5.41, 5.74) is -1.68. The molecule has 2 spiro atoms. The Hall–Kier alpha value is -2.77. The number of ether oxygens (including phenoxy) is 7. The van der Waals surface area contributed by atoms with Crippen LogP contribution in [0.4, 0.5) is 0 Å². The van der Waals surface area contributed by atoms with E-state index in [2.05, 4.69) is 20.8 Å². The summed E-state index contributed by atoms with van der Waals surface area (Å²) in [6.45, 7) is 26.4. The van der Waals surface area contributed by atoms with E-state index in [4.69, 9.17) is 44.8 Å². The molecule has 0 aliphatic carbocycles. The molecule has 7 rings (SSSR count). The molecule has 0 bridgehead atoms. The van der Waals surface area contributed by atoms with Gasteiger partial charge in [0.05, 0.1) is 53.9 Å². The predicted octanol–water partition coefficient (Wildman–Crippen LogP) is 6.54. The average molecular weight is 1130 g/mol. The Morgan fingerprint density at radius 3 is 1.99 bits per heavy atom. The number of benzene rings is 2. The number of aliphatic hydroxyl groups excluding tert-OH is 2. The number of halogens is 1. The average Bonchev–Trinajstić information content (AvgIpc) is 3.75. The van der Waals surface area contributed by atoms with Crippen LogP contribution in [0.3, 0.4) is 0 Å². The Balaban J connectivity index is 0.000000370. The number of carbonyl (C=O) groups is 4. The van der Waals surface area contributed by atoms with Crippen LogP contribution in [0.2, 0.25) is 5.02 Å². The van der Waals surface area contributed by atoms with Gasteiger partial charge in [-0.2, -0.15) is 0 Å². The van der Waals surface area contributed by atoms with Crippen LogP contribution in [-0.2, 0) is 42.8 Å². The molecule has 15 nitrogen and oxygen atoms in total. The van der Waals surface area contributed by atoms with Crippen LogP contribution < -0.4 is 39.4 Å². The standard InChI is InChI=1S/C42H70O11.C20H21ClO4.Na/c1-11-29(38(46)47)31-15-14-23(4)36(50-31)27(8)34(44)26(7)35(45)30(12-2)37-24(5)22-25(6)41(51-37)19-16-32(43)42(53-41)21-20-39(10,52-42)33-17-18-40(48,13-3)28(9)49-33;1-13(2)24-19(23)20(3,4)25-17-11-7-15(8-12-17)18(22)14-5-9-16(21)10-6-14;/h16,19,23-34,36-37,43-44,48H,11-15,17-18,20-22H2,1-10H3,(H,46,47);5-13H,1-4H3;/q;;+1/p-1. The van der Waals surface area contributed by atoms with E-state index in [9.17, 15) is 39.6 Å². The van der Waals surface area contributed by atoms with Crippen LogP contribution in [0.1, 0.15) is 177 Å². The van der Waals surface area contributed by atoms with Gasteiger partial charge in [0.1, 0.15) is 17.6 Å². The summed E-state index contributed by atoms with van der Waals surface area (Å²) in [6, 6.07) is 13.4. The van der Waals surface area contributed by atoms with E-state index in [1.54, 1.807) is 95.3 Å². The van der Waals surface area contributed by atoms with Crippen molar-refractivity contribution in [2.24, 2.45) is 41.4 Å². The Labute approximate surface area is 496 Å². The molecule has 2 aromatic rings. The molecule has 18 atom stereocenters. The molecule has 4 saturated heterocycles. The molecule has 436 valence electrons. The van der Waals surface area contributed by atoms with Crippen LogP contribution in [0.5, 0.6) is 5.75 Å². The first-order valence-corrected chi connectivity index (χ1v) is 29.1. The van der Waals surface area contributed by atoms with Crippen molar-refractivity contribution in [3.63, 3.8) is 0 Å². The summed E-state index contributed by atoms with van der Waals surface area (Å²) in [6.07, 6.45) is 5.01. The third kappa shape index (κ3) is 15.0. The van der Waals surface area contributed by atoms with E-state index in [1.807, 2.05) is 41.5 Å². The number of Topliss-reactive ketones (excluding diaryl/α,β-unsaturated/α-hetero) is 1. The van der Waals surface area contributed by atoms with Crippen molar-refractivity contribution in [2.75, 3.05) is 0 Å². The number of aliphatic carboxylic acids is 1. The smallest absolute Gasteiger partial charge is 0.550 e. The minimum atomic E-state index is -1.37. The van der Waals surface area contributed by atoms with Gasteiger partial charge in [0.25, 0.3) is 0 Å². The van der Waals surface area contributed by atoms with Crippen molar-refractivity contribution in [1.82, 2.24) is 0 Å². The van der Waals surface area contributed by atoms with E-state index in [1.165, 1.54) is 0 Å². The van der Waals surface area contributed by atoms with E-state index in [0.717, 1.165) is 6.42 Å². The van der Waals surface area contributed by atoms with Crippen LogP contribution in [0, 0.1) is 41.4 Å². The number of carbonyl (C=O) groups excluding carboxylic acids is 4. The van der Waals surface area contributed by atoms with Crippen molar-refractivity contribution >= 4 is 35.1 Å². The molecule has 4 fully saturated rings. The minimum Gasteiger partial charge on any atom is -0.550 e. The number of aliphatic hydroxyl groups is 3. The summed E-state index contributed by atoms with van der Waals surface area (Å²) in [5, 5.41) is 46.6. The number of hydrogen-bond donors (Lipinski definition) is 3. The zero-order valence-electron chi connectivity index (χ0n) is 49.6. The Morgan fingerprint density at radius 2 is 1.43 bits per heavy atom. The van der Waals surface area contributed by atoms with Crippen LogP contribution >= 0.6 is 11.6 Å². The largest absolute Gasteiger partial charge is 1.00 e. The molecular weight excluding hydrogens is 1040 g/mol. The molecule has 17 heteroatoms. The zero-order chi connectivity index (χ0) is 57.9. The molecule has 0 radical (unpaired) electrons. The predicted molar refractivity (Wildman–Crippen MR) is 293 cm³/mol. The number of carboxylic acids is 1. The van der Waals surface area contributed by atoms with Crippen molar-refractivity contribution < 1.29 is 102 Å². The Kier molecular flexibility index (Phi) is 23.2. The SMILES string of the molecule is CC(C)OC(=O)C(C)(C)Oc1ccc(C(=O)c2ccc(Cl)cc2)cc1.CCC(C(=O)[O-])C1CCC(C)C(C(C)C(O)C(C)C(=O)C(CC)C2OC3(C=CC(O)C4(CCC(C)(C5CCC(O)(CC)C(C)O5)O4)O3)C(C)CC2C)O1.[Na+]. The molecular formula is C62H90ClNaO15. The second-order valence-electron chi connectivity index (χ2n) is 24.3. The molecule has 18 unspecified atom stereocenters. The number of ketones is 2. The van der Waals surface area contributed by atoms with Gasteiger partial charge in [-0.15, -0.1) is 0 Å². The summed E-state index contributed by atoms with van der Waals surface area (Å²) < 4.78 is 44.3. The van der Waals surface area contributed by atoms with Crippen molar-refractivity contribution in [3.05, 3.63) is 76.8 Å². The van der Waals surface area contributed by atoms with Crippen molar-refractivity contribution in [1.29, 1.82) is 0 Å². The van der Waals surface area contributed by atoms with E-state index in [-0.39, 0.29) is 77.2 Å².